The summed E-state index contributed by atoms with van der Waals surface area (Å²) >= 11 is 0. The average Bonchev–Trinajstić information content (AvgIpc) is 3.57. The highest BCUT2D eigenvalue weighted by Crippen LogP contribution is 2.56. The van der Waals surface area contributed by atoms with Crippen molar-refractivity contribution in [2.75, 3.05) is 34.7 Å². The van der Waals surface area contributed by atoms with E-state index in [4.69, 9.17) is 33.2 Å². The fourth-order valence-electron chi connectivity index (χ4n) is 5.84. The van der Waals surface area contributed by atoms with Gasteiger partial charge in [0, 0.05) is 23.5 Å². The first-order valence-electron chi connectivity index (χ1n) is 12.5. The number of aryl methyl sites for hydroxylation is 1. The van der Waals surface area contributed by atoms with Gasteiger partial charge in [-0.3, -0.25) is 4.79 Å². The molecule has 0 unspecified atom stereocenters. The molecule has 2 aromatic carbocycles. The van der Waals surface area contributed by atoms with Crippen molar-refractivity contribution in [3.8, 4) is 28.7 Å². The number of fused-ring (bicyclic) bond motifs is 3. The van der Waals surface area contributed by atoms with Gasteiger partial charge in [-0.1, -0.05) is 0 Å². The van der Waals surface area contributed by atoms with Crippen LogP contribution in [-0.4, -0.2) is 46.7 Å². The largest absolute Gasteiger partial charge is 0.493 e. The lowest BCUT2D eigenvalue weighted by Crippen LogP contribution is -2.37. The minimum absolute atomic E-state index is 0.0763. The lowest BCUT2D eigenvalue weighted by Gasteiger charge is -2.38. The summed E-state index contributed by atoms with van der Waals surface area (Å²) in [6.45, 7) is 0.186. The molecular formula is C29H28NO9+. The Hall–Kier alpha value is -4.47. The van der Waals surface area contributed by atoms with Crippen LogP contribution in [0.2, 0.25) is 0 Å². The topological polar surface area (TPSA) is 103 Å². The van der Waals surface area contributed by atoms with E-state index in [2.05, 4.69) is 0 Å². The van der Waals surface area contributed by atoms with E-state index in [1.807, 2.05) is 37.5 Å². The number of carbonyl (C=O) groups is 2. The second-order valence-corrected chi connectivity index (χ2v) is 9.67. The standard InChI is InChI=1S/C29H28NO9/c1-30-7-5-6-15(12-30)28(31)39-26-18-11-21-20(37-14-38-21)10-17(18)24(25-19(26)13-36-29(25)32)16-8-22(33-2)27(35-4)23(9-16)34-3/h5-12,19,24-26H,13-14H2,1-4H3/q+1/t19-,24+,25-,26-/m0/s1. The Kier molecular flexibility index (Phi) is 6.17. The number of hydrogen-bond donors (Lipinski definition) is 0. The van der Waals surface area contributed by atoms with Crippen LogP contribution >= 0.6 is 0 Å². The van der Waals surface area contributed by atoms with Gasteiger partial charge in [0.2, 0.25) is 12.5 Å². The number of hydrogen-bond acceptors (Lipinski definition) is 9. The summed E-state index contributed by atoms with van der Waals surface area (Å²) in [7, 11) is 6.45. The Morgan fingerprint density at radius 2 is 1.64 bits per heavy atom. The van der Waals surface area contributed by atoms with Crippen LogP contribution in [0, 0.1) is 11.8 Å². The summed E-state index contributed by atoms with van der Waals surface area (Å²) in [4.78, 5) is 26.6. The number of aromatic nitrogens is 1. The Morgan fingerprint density at radius 1 is 0.949 bits per heavy atom. The number of cyclic esters (lactones) is 1. The number of carbonyl (C=O) groups excluding carboxylic acids is 2. The zero-order chi connectivity index (χ0) is 27.3. The van der Waals surface area contributed by atoms with Gasteiger partial charge in [0.1, 0.15) is 18.7 Å². The number of benzene rings is 2. The van der Waals surface area contributed by atoms with Gasteiger partial charge in [-0.25, -0.2) is 9.36 Å². The number of pyridine rings is 1. The highest BCUT2D eigenvalue weighted by Gasteiger charge is 2.54. The zero-order valence-corrected chi connectivity index (χ0v) is 22.0. The van der Waals surface area contributed by atoms with Crippen LogP contribution in [-0.2, 0) is 21.3 Å². The van der Waals surface area contributed by atoms with E-state index in [9.17, 15) is 9.59 Å². The van der Waals surface area contributed by atoms with E-state index in [0.29, 0.717) is 34.3 Å². The lowest BCUT2D eigenvalue weighted by atomic mass is 9.66. The number of esters is 2. The van der Waals surface area contributed by atoms with Gasteiger partial charge in [-0.05, 0) is 41.5 Å². The third-order valence-corrected chi connectivity index (χ3v) is 7.57. The van der Waals surface area contributed by atoms with Crippen LogP contribution in [0.25, 0.3) is 0 Å². The molecule has 0 N–H and O–H groups in total. The third kappa shape index (κ3) is 4.07. The third-order valence-electron chi connectivity index (χ3n) is 7.57. The molecule has 0 saturated carbocycles. The molecular weight excluding hydrogens is 506 g/mol. The summed E-state index contributed by atoms with van der Waals surface area (Å²) < 4.78 is 41.6. The van der Waals surface area contributed by atoms with Gasteiger partial charge < -0.3 is 33.2 Å². The monoisotopic (exact) mass is 534 g/mol. The Balaban J connectivity index is 1.52. The number of rotatable bonds is 6. The summed E-state index contributed by atoms with van der Waals surface area (Å²) in [6, 6.07) is 10.8. The fraction of sp³-hybridized carbons (Fsp3) is 0.345. The summed E-state index contributed by atoms with van der Waals surface area (Å²) in [5.74, 6) is 0.0701. The van der Waals surface area contributed by atoms with Crippen LogP contribution in [0.4, 0.5) is 0 Å². The Labute approximate surface area is 224 Å². The van der Waals surface area contributed by atoms with Crippen molar-refractivity contribution >= 4 is 11.9 Å². The predicted molar refractivity (Wildman–Crippen MR) is 134 cm³/mol. The van der Waals surface area contributed by atoms with Crippen molar-refractivity contribution in [2.45, 2.75) is 12.0 Å². The summed E-state index contributed by atoms with van der Waals surface area (Å²) in [6.07, 6.45) is 2.77. The first-order valence-corrected chi connectivity index (χ1v) is 12.5. The molecule has 0 amide bonds. The molecule has 3 aromatic rings. The van der Waals surface area contributed by atoms with Crippen molar-refractivity contribution in [3.63, 3.8) is 0 Å². The van der Waals surface area contributed by atoms with Gasteiger partial charge in [0.05, 0.1) is 33.9 Å². The second-order valence-electron chi connectivity index (χ2n) is 9.67. The quantitative estimate of drug-likeness (QED) is 0.349. The predicted octanol–water partition coefficient (Wildman–Crippen LogP) is 3.10. The van der Waals surface area contributed by atoms with Crippen molar-refractivity contribution in [3.05, 3.63) is 71.0 Å². The van der Waals surface area contributed by atoms with Crippen LogP contribution in [0.5, 0.6) is 28.7 Å². The maximum Gasteiger partial charge on any atom is 0.344 e. The Morgan fingerprint density at radius 3 is 2.28 bits per heavy atom. The minimum atomic E-state index is -0.748. The molecule has 10 nitrogen and oxygen atoms in total. The summed E-state index contributed by atoms with van der Waals surface area (Å²) in [5.41, 5.74) is 2.66. The molecule has 1 saturated heterocycles. The van der Waals surface area contributed by atoms with Gasteiger partial charge in [0.15, 0.2) is 35.4 Å². The number of methoxy groups -OCH3 is 3. The van der Waals surface area contributed by atoms with Crippen molar-refractivity contribution in [1.82, 2.24) is 0 Å². The highest BCUT2D eigenvalue weighted by atomic mass is 16.7. The molecule has 1 aliphatic carbocycles. The molecule has 39 heavy (non-hydrogen) atoms. The van der Waals surface area contributed by atoms with Gasteiger partial charge in [-0.2, -0.15) is 0 Å². The first-order chi connectivity index (χ1) is 18.9. The van der Waals surface area contributed by atoms with Crippen LogP contribution in [0.3, 0.4) is 0 Å². The first kappa shape index (κ1) is 24.8. The van der Waals surface area contributed by atoms with E-state index in [1.165, 1.54) is 7.11 Å². The molecule has 202 valence electrons. The van der Waals surface area contributed by atoms with Gasteiger partial charge >= 0.3 is 11.9 Å². The van der Waals surface area contributed by atoms with Crippen molar-refractivity contribution < 1.29 is 47.3 Å². The van der Waals surface area contributed by atoms with Crippen molar-refractivity contribution in [2.24, 2.45) is 18.9 Å². The molecule has 1 aromatic heterocycles. The maximum absolute atomic E-state index is 13.3. The summed E-state index contributed by atoms with van der Waals surface area (Å²) in [5, 5.41) is 0. The normalized spacial score (nSPS) is 22.4. The molecule has 3 aliphatic rings. The minimum Gasteiger partial charge on any atom is -0.493 e. The molecule has 3 heterocycles. The highest BCUT2D eigenvalue weighted by molar-refractivity contribution is 5.89. The zero-order valence-electron chi connectivity index (χ0n) is 22.0. The maximum atomic E-state index is 13.3. The van der Waals surface area contributed by atoms with Gasteiger partial charge in [0.25, 0.3) is 0 Å². The SMILES string of the molecule is COc1cc([C@@H]2c3cc4c(cc3[C@H](OC(=O)c3ccc[n+](C)c3)[C@H]3COC(=O)[C@H]23)OCO4)cc(OC)c1OC. The van der Waals surface area contributed by atoms with Crippen LogP contribution in [0.15, 0.2) is 48.8 Å². The molecule has 4 atom stereocenters. The van der Waals surface area contributed by atoms with Crippen molar-refractivity contribution in [1.29, 1.82) is 0 Å². The molecule has 6 rings (SSSR count). The molecule has 10 heteroatoms. The second kappa shape index (κ2) is 9.68. The number of nitrogens with zero attached hydrogens (tertiary/aromatic N) is 1. The van der Waals surface area contributed by atoms with E-state index in [0.717, 1.165) is 16.7 Å². The van der Waals surface area contributed by atoms with E-state index in [-0.39, 0.29) is 19.4 Å². The smallest absolute Gasteiger partial charge is 0.344 e. The van der Waals surface area contributed by atoms with Crippen LogP contribution < -0.4 is 28.3 Å². The van der Waals surface area contributed by atoms with E-state index in [1.54, 1.807) is 37.1 Å². The molecule has 1 fully saturated rings. The van der Waals surface area contributed by atoms with E-state index < -0.39 is 29.8 Å². The molecule has 0 bridgehead atoms. The van der Waals surface area contributed by atoms with Gasteiger partial charge in [-0.15, -0.1) is 0 Å². The van der Waals surface area contributed by atoms with E-state index >= 15 is 0 Å². The Bertz CT molecular complexity index is 1440. The number of ether oxygens (including phenoxy) is 7. The average molecular weight is 535 g/mol. The van der Waals surface area contributed by atoms with Crippen LogP contribution in [0.1, 0.15) is 39.1 Å². The fourth-order valence-corrected chi connectivity index (χ4v) is 5.84. The molecule has 0 spiro atoms. The molecule has 0 radical (unpaired) electrons. The lowest BCUT2D eigenvalue weighted by molar-refractivity contribution is -0.671. The molecule has 2 aliphatic heterocycles.